The van der Waals surface area contributed by atoms with Crippen LogP contribution < -0.4 is 10.6 Å². The molecule has 2 N–H and O–H groups in total. The van der Waals surface area contributed by atoms with Gasteiger partial charge >= 0.3 is 0 Å². The Kier molecular flexibility index (Phi) is 4.49. The molecule has 0 saturated heterocycles. The fraction of sp³-hybridized carbons (Fsp3) is 0.462. The lowest BCUT2D eigenvalue weighted by atomic mass is 10.1. The van der Waals surface area contributed by atoms with Crippen LogP contribution in [0.4, 0.5) is 10.1 Å². The van der Waals surface area contributed by atoms with Gasteiger partial charge in [0.25, 0.3) is 0 Å². The van der Waals surface area contributed by atoms with Crippen molar-refractivity contribution in [3.8, 4) is 0 Å². The van der Waals surface area contributed by atoms with E-state index < -0.39 is 6.04 Å². The molecule has 0 saturated carbocycles. The minimum Gasteiger partial charge on any atom is -0.371 e. The summed E-state index contributed by atoms with van der Waals surface area (Å²) in [6, 6.07) is 4.44. The summed E-state index contributed by atoms with van der Waals surface area (Å²) in [5.74, 6) is -0.475. The highest BCUT2D eigenvalue weighted by molar-refractivity contribution is 5.84. The Morgan fingerprint density at radius 1 is 1.29 bits per heavy atom. The normalized spacial score (nSPS) is 12.4. The van der Waals surface area contributed by atoms with E-state index >= 15 is 0 Å². The summed E-state index contributed by atoms with van der Waals surface area (Å²) < 4.78 is 13.5. The van der Waals surface area contributed by atoms with E-state index in [9.17, 15) is 9.18 Å². The summed E-state index contributed by atoms with van der Waals surface area (Å²) in [6.45, 7) is 7.29. The summed E-state index contributed by atoms with van der Waals surface area (Å²) in [5, 5.41) is 5.67. The maximum absolute atomic E-state index is 13.5. The van der Waals surface area contributed by atoms with E-state index in [2.05, 4.69) is 10.6 Å². The van der Waals surface area contributed by atoms with Crippen LogP contribution >= 0.6 is 0 Å². The Morgan fingerprint density at radius 3 is 2.47 bits per heavy atom. The number of amides is 1. The summed E-state index contributed by atoms with van der Waals surface area (Å²) >= 11 is 0. The van der Waals surface area contributed by atoms with Gasteiger partial charge in [-0.1, -0.05) is 12.1 Å². The van der Waals surface area contributed by atoms with Crippen molar-refractivity contribution in [2.75, 3.05) is 5.32 Å². The van der Waals surface area contributed by atoms with Gasteiger partial charge in [-0.2, -0.15) is 0 Å². The van der Waals surface area contributed by atoms with Crippen LogP contribution in [0.25, 0.3) is 0 Å². The highest BCUT2D eigenvalue weighted by Gasteiger charge is 2.15. The maximum atomic E-state index is 13.5. The van der Waals surface area contributed by atoms with Gasteiger partial charge in [0.1, 0.15) is 11.9 Å². The Hall–Kier alpha value is -1.58. The van der Waals surface area contributed by atoms with Gasteiger partial charge in [-0.15, -0.1) is 0 Å². The largest absolute Gasteiger partial charge is 0.371 e. The average molecular weight is 238 g/mol. The van der Waals surface area contributed by atoms with E-state index in [0.29, 0.717) is 5.69 Å². The molecule has 0 spiro atoms. The zero-order chi connectivity index (χ0) is 13.0. The van der Waals surface area contributed by atoms with Crippen LogP contribution in [0.5, 0.6) is 0 Å². The van der Waals surface area contributed by atoms with Crippen molar-refractivity contribution in [1.82, 2.24) is 5.32 Å². The number of para-hydroxylation sites is 1. The lowest BCUT2D eigenvalue weighted by Crippen LogP contribution is -2.41. The Morgan fingerprint density at radius 2 is 1.94 bits per heavy atom. The van der Waals surface area contributed by atoms with E-state index in [1.54, 1.807) is 26.0 Å². The topological polar surface area (TPSA) is 41.1 Å². The number of anilines is 1. The van der Waals surface area contributed by atoms with Gasteiger partial charge in [-0.25, -0.2) is 4.39 Å². The molecule has 17 heavy (non-hydrogen) atoms. The van der Waals surface area contributed by atoms with E-state index in [1.165, 1.54) is 6.07 Å². The molecule has 0 radical (unpaired) electrons. The maximum Gasteiger partial charge on any atom is 0.242 e. The first kappa shape index (κ1) is 13.5. The number of carbonyl (C=O) groups is 1. The standard InChI is InChI=1S/C13H19FN2O/c1-8(2)15-13(17)10(4)16-12-9(3)6-5-7-11(12)14/h5-8,10,16H,1-4H3,(H,15,17). The van der Waals surface area contributed by atoms with Gasteiger partial charge in [0.15, 0.2) is 0 Å². The second-order valence-electron chi connectivity index (χ2n) is 4.46. The lowest BCUT2D eigenvalue weighted by molar-refractivity contribution is -0.122. The van der Waals surface area contributed by atoms with Crippen LogP contribution in [0.2, 0.25) is 0 Å². The molecule has 1 rings (SSSR count). The van der Waals surface area contributed by atoms with Gasteiger partial charge in [-0.3, -0.25) is 4.79 Å². The first-order valence-corrected chi connectivity index (χ1v) is 5.74. The first-order valence-electron chi connectivity index (χ1n) is 5.74. The number of benzene rings is 1. The van der Waals surface area contributed by atoms with Gasteiger partial charge in [0.05, 0.1) is 5.69 Å². The summed E-state index contributed by atoms with van der Waals surface area (Å²) in [4.78, 5) is 11.7. The van der Waals surface area contributed by atoms with Crippen molar-refractivity contribution in [3.05, 3.63) is 29.6 Å². The van der Waals surface area contributed by atoms with Crippen LogP contribution in [0.1, 0.15) is 26.3 Å². The third-order valence-corrected chi connectivity index (χ3v) is 2.41. The SMILES string of the molecule is Cc1cccc(F)c1NC(C)C(=O)NC(C)C. The minimum absolute atomic E-state index is 0.0773. The van der Waals surface area contributed by atoms with Crippen molar-refractivity contribution >= 4 is 11.6 Å². The number of hydrogen-bond acceptors (Lipinski definition) is 2. The monoisotopic (exact) mass is 238 g/mol. The predicted molar refractivity (Wildman–Crippen MR) is 67.5 cm³/mol. The second kappa shape index (κ2) is 5.66. The van der Waals surface area contributed by atoms with E-state index in [0.717, 1.165) is 5.56 Å². The fourth-order valence-corrected chi connectivity index (χ4v) is 1.51. The fourth-order valence-electron chi connectivity index (χ4n) is 1.51. The Balaban J connectivity index is 2.74. The molecule has 0 aromatic heterocycles. The van der Waals surface area contributed by atoms with E-state index in [1.807, 2.05) is 13.8 Å². The van der Waals surface area contributed by atoms with Crippen molar-refractivity contribution in [3.63, 3.8) is 0 Å². The molecule has 0 bridgehead atoms. The first-order chi connectivity index (χ1) is 7.91. The number of hydrogen-bond donors (Lipinski definition) is 2. The highest BCUT2D eigenvalue weighted by atomic mass is 19.1. The third-order valence-electron chi connectivity index (χ3n) is 2.41. The molecule has 0 aliphatic heterocycles. The Bertz CT molecular complexity index is 384. The number of halogens is 1. The molecule has 1 amide bonds. The number of nitrogens with one attached hydrogen (secondary N) is 2. The minimum atomic E-state index is -0.465. The molecular weight excluding hydrogens is 219 g/mol. The molecule has 3 nitrogen and oxygen atoms in total. The van der Waals surface area contributed by atoms with E-state index in [4.69, 9.17) is 0 Å². The second-order valence-corrected chi connectivity index (χ2v) is 4.46. The van der Waals surface area contributed by atoms with Crippen LogP contribution in [-0.2, 0) is 4.79 Å². The zero-order valence-electron chi connectivity index (χ0n) is 10.7. The van der Waals surface area contributed by atoms with Gasteiger partial charge in [-0.05, 0) is 39.3 Å². The molecular formula is C13H19FN2O. The quantitative estimate of drug-likeness (QED) is 0.846. The smallest absolute Gasteiger partial charge is 0.242 e. The molecule has 1 aromatic rings. The lowest BCUT2D eigenvalue weighted by Gasteiger charge is -2.18. The van der Waals surface area contributed by atoms with Crippen molar-refractivity contribution < 1.29 is 9.18 Å². The number of rotatable bonds is 4. The molecule has 1 unspecified atom stereocenters. The van der Waals surface area contributed by atoms with Crippen LogP contribution in [0.3, 0.4) is 0 Å². The van der Waals surface area contributed by atoms with E-state index in [-0.39, 0.29) is 17.8 Å². The van der Waals surface area contributed by atoms with Crippen LogP contribution in [0.15, 0.2) is 18.2 Å². The molecule has 0 heterocycles. The van der Waals surface area contributed by atoms with Crippen LogP contribution in [-0.4, -0.2) is 18.0 Å². The predicted octanol–water partition coefficient (Wildman–Crippen LogP) is 2.46. The highest BCUT2D eigenvalue weighted by Crippen LogP contribution is 2.19. The number of carbonyl (C=O) groups excluding carboxylic acids is 1. The van der Waals surface area contributed by atoms with Gasteiger partial charge in [0.2, 0.25) is 5.91 Å². The molecule has 0 aliphatic rings. The molecule has 0 fully saturated rings. The average Bonchev–Trinajstić information content (AvgIpc) is 2.22. The van der Waals surface area contributed by atoms with Crippen molar-refractivity contribution in [2.24, 2.45) is 0 Å². The molecule has 94 valence electrons. The summed E-state index contributed by atoms with van der Waals surface area (Å²) in [5.41, 5.74) is 1.17. The summed E-state index contributed by atoms with van der Waals surface area (Å²) in [6.07, 6.45) is 0. The van der Waals surface area contributed by atoms with Gasteiger partial charge < -0.3 is 10.6 Å². The van der Waals surface area contributed by atoms with Gasteiger partial charge in [0, 0.05) is 6.04 Å². The number of aryl methyl sites for hydroxylation is 1. The van der Waals surface area contributed by atoms with Crippen molar-refractivity contribution in [2.45, 2.75) is 39.8 Å². The Labute approximate surface area is 101 Å². The van der Waals surface area contributed by atoms with Crippen molar-refractivity contribution in [1.29, 1.82) is 0 Å². The molecule has 0 aliphatic carbocycles. The van der Waals surface area contributed by atoms with Crippen LogP contribution in [0, 0.1) is 12.7 Å². The molecule has 4 heteroatoms. The summed E-state index contributed by atoms with van der Waals surface area (Å²) in [7, 11) is 0. The zero-order valence-corrected chi connectivity index (χ0v) is 10.7. The third kappa shape index (κ3) is 3.73. The molecule has 1 aromatic carbocycles. The molecule has 1 atom stereocenters.